The standard InChI is InChI=1S/C10H19NO2S/c1-13-10(12)9-3-5-11(6-4-9)7-8-14-2/h9H,3-8H2,1-2H3. The van der Waals surface area contributed by atoms with E-state index in [2.05, 4.69) is 11.2 Å². The predicted molar refractivity (Wildman–Crippen MR) is 59.6 cm³/mol. The molecule has 0 aromatic rings. The van der Waals surface area contributed by atoms with Crippen LogP contribution < -0.4 is 0 Å². The number of thioether (sulfide) groups is 1. The number of piperidine rings is 1. The molecule has 0 bridgehead atoms. The second-order valence-corrected chi connectivity index (χ2v) is 4.62. The maximum absolute atomic E-state index is 11.2. The first kappa shape index (κ1) is 11.9. The zero-order valence-electron chi connectivity index (χ0n) is 8.99. The van der Waals surface area contributed by atoms with E-state index >= 15 is 0 Å². The van der Waals surface area contributed by atoms with Crippen LogP contribution in [-0.4, -0.2) is 49.6 Å². The van der Waals surface area contributed by atoms with Crippen molar-refractivity contribution in [2.24, 2.45) is 5.92 Å². The highest BCUT2D eigenvalue weighted by atomic mass is 32.2. The summed E-state index contributed by atoms with van der Waals surface area (Å²) in [6, 6.07) is 0. The number of ether oxygens (including phenoxy) is 1. The molecule has 1 heterocycles. The van der Waals surface area contributed by atoms with Crippen LogP contribution in [0.2, 0.25) is 0 Å². The van der Waals surface area contributed by atoms with Gasteiger partial charge in [0.15, 0.2) is 0 Å². The molecule has 0 aromatic carbocycles. The Morgan fingerprint density at radius 2 is 2.14 bits per heavy atom. The number of esters is 1. The maximum Gasteiger partial charge on any atom is 0.308 e. The Morgan fingerprint density at radius 1 is 1.50 bits per heavy atom. The molecule has 3 nitrogen and oxygen atoms in total. The smallest absolute Gasteiger partial charge is 0.308 e. The van der Waals surface area contributed by atoms with Crippen LogP contribution in [0.3, 0.4) is 0 Å². The van der Waals surface area contributed by atoms with Crippen LogP contribution in [0.5, 0.6) is 0 Å². The number of carbonyl (C=O) groups is 1. The topological polar surface area (TPSA) is 29.5 Å². The van der Waals surface area contributed by atoms with E-state index in [-0.39, 0.29) is 11.9 Å². The lowest BCUT2D eigenvalue weighted by molar-refractivity contribution is -0.147. The molecule has 0 atom stereocenters. The Hall–Kier alpha value is -0.220. The van der Waals surface area contributed by atoms with Crippen LogP contribution in [0.15, 0.2) is 0 Å². The van der Waals surface area contributed by atoms with Crippen molar-refractivity contribution in [3.05, 3.63) is 0 Å². The molecule has 0 saturated carbocycles. The number of hydrogen-bond donors (Lipinski definition) is 0. The molecular formula is C10H19NO2S. The number of hydrogen-bond acceptors (Lipinski definition) is 4. The maximum atomic E-state index is 11.2. The summed E-state index contributed by atoms with van der Waals surface area (Å²) in [6.45, 7) is 3.23. The highest BCUT2D eigenvalue weighted by molar-refractivity contribution is 7.98. The number of likely N-dealkylation sites (tertiary alicyclic amines) is 1. The molecule has 0 aromatic heterocycles. The van der Waals surface area contributed by atoms with Gasteiger partial charge in [-0.1, -0.05) is 0 Å². The molecule has 1 aliphatic heterocycles. The molecule has 0 aliphatic carbocycles. The second-order valence-electron chi connectivity index (χ2n) is 3.63. The number of rotatable bonds is 4. The van der Waals surface area contributed by atoms with E-state index in [4.69, 9.17) is 4.74 Å². The average molecular weight is 217 g/mol. The lowest BCUT2D eigenvalue weighted by Crippen LogP contribution is -2.37. The predicted octanol–water partition coefficient (Wildman–Crippen LogP) is 1.23. The fourth-order valence-electron chi connectivity index (χ4n) is 1.78. The minimum atomic E-state index is -0.0329. The van der Waals surface area contributed by atoms with Gasteiger partial charge in [-0.25, -0.2) is 0 Å². The molecule has 4 heteroatoms. The van der Waals surface area contributed by atoms with E-state index in [1.54, 1.807) is 0 Å². The third-order valence-corrected chi connectivity index (χ3v) is 3.32. The van der Waals surface area contributed by atoms with Crippen molar-refractivity contribution < 1.29 is 9.53 Å². The Morgan fingerprint density at radius 3 is 2.64 bits per heavy atom. The quantitative estimate of drug-likeness (QED) is 0.663. The fourth-order valence-corrected chi connectivity index (χ4v) is 2.22. The van der Waals surface area contributed by atoms with Crippen molar-refractivity contribution in [2.75, 3.05) is 38.8 Å². The first-order valence-corrected chi connectivity index (χ1v) is 6.46. The average Bonchev–Trinajstić information content (AvgIpc) is 2.26. The third kappa shape index (κ3) is 3.50. The van der Waals surface area contributed by atoms with Crippen molar-refractivity contribution in [1.82, 2.24) is 4.90 Å². The summed E-state index contributed by atoms with van der Waals surface area (Å²) >= 11 is 1.87. The molecule has 0 radical (unpaired) electrons. The van der Waals surface area contributed by atoms with Crippen LogP contribution >= 0.6 is 11.8 Å². The molecule has 0 spiro atoms. The van der Waals surface area contributed by atoms with Crippen LogP contribution in [0.25, 0.3) is 0 Å². The first-order chi connectivity index (χ1) is 6.77. The van der Waals surface area contributed by atoms with Gasteiger partial charge in [-0.3, -0.25) is 4.79 Å². The Bertz CT molecular complexity index is 179. The summed E-state index contributed by atoms with van der Waals surface area (Å²) in [4.78, 5) is 13.7. The Labute approximate surface area is 90.2 Å². The van der Waals surface area contributed by atoms with Crippen LogP contribution in [0.1, 0.15) is 12.8 Å². The van der Waals surface area contributed by atoms with E-state index in [1.807, 2.05) is 11.8 Å². The molecule has 1 fully saturated rings. The summed E-state index contributed by atoms with van der Waals surface area (Å²) in [7, 11) is 1.47. The number of nitrogens with zero attached hydrogens (tertiary/aromatic N) is 1. The highest BCUT2D eigenvalue weighted by Crippen LogP contribution is 2.18. The summed E-state index contributed by atoms with van der Waals surface area (Å²) in [5.74, 6) is 1.29. The van der Waals surface area contributed by atoms with Crippen LogP contribution in [-0.2, 0) is 9.53 Å². The molecule has 0 unspecified atom stereocenters. The van der Waals surface area contributed by atoms with Gasteiger partial charge in [0.1, 0.15) is 0 Å². The summed E-state index contributed by atoms with van der Waals surface area (Å²) in [5.41, 5.74) is 0. The van der Waals surface area contributed by atoms with Gasteiger partial charge in [0.2, 0.25) is 0 Å². The minimum absolute atomic E-state index is 0.0329. The van der Waals surface area contributed by atoms with Gasteiger partial charge in [-0.15, -0.1) is 0 Å². The van der Waals surface area contributed by atoms with E-state index < -0.39 is 0 Å². The van der Waals surface area contributed by atoms with Gasteiger partial charge >= 0.3 is 5.97 Å². The monoisotopic (exact) mass is 217 g/mol. The van der Waals surface area contributed by atoms with Crippen LogP contribution in [0, 0.1) is 5.92 Å². The second kappa shape index (κ2) is 6.30. The van der Waals surface area contributed by atoms with Crippen molar-refractivity contribution >= 4 is 17.7 Å². The van der Waals surface area contributed by atoms with Gasteiger partial charge in [0.05, 0.1) is 13.0 Å². The zero-order chi connectivity index (χ0) is 10.4. The SMILES string of the molecule is COC(=O)C1CCN(CCSC)CC1. The third-order valence-electron chi connectivity index (χ3n) is 2.73. The Balaban J connectivity index is 2.20. The van der Waals surface area contributed by atoms with E-state index in [0.717, 1.165) is 32.5 Å². The lowest BCUT2D eigenvalue weighted by Gasteiger charge is -2.30. The molecule has 1 rings (SSSR count). The summed E-state index contributed by atoms with van der Waals surface area (Å²) < 4.78 is 4.74. The van der Waals surface area contributed by atoms with Crippen molar-refractivity contribution in [1.29, 1.82) is 0 Å². The summed E-state index contributed by atoms with van der Waals surface area (Å²) in [5, 5.41) is 0. The van der Waals surface area contributed by atoms with E-state index in [1.165, 1.54) is 12.9 Å². The van der Waals surface area contributed by atoms with E-state index in [0.29, 0.717) is 0 Å². The number of carbonyl (C=O) groups excluding carboxylic acids is 1. The minimum Gasteiger partial charge on any atom is -0.469 e. The first-order valence-electron chi connectivity index (χ1n) is 5.07. The zero-order valence-corrected chi connectivity index (χ0v) is 9.81. The van der Waals surface area contributed by atoms with Gasteiger partial charge in [-0.2, -0.15) is 11.8 Å². The van der Waals surface area contributed by atoms with Gasteiger partial charge < -0.3 is 9.64 Å². The van der Waals surface area contributed by atoms with Crippen LogP contribution in [0.4, 0.5) is 0 Å². The molecule has 1 saturated heterocycles. The molecule has 0 amide bonds. The fraction of sp³-hybridized carbons (Fsp3) is 0.900. The van der Waals surface area contributed by atoms with Gasteiger partial charge in [0, 0.05) is 12.3 Å². The molecule has 14 heavy (non-hydrogen) atoms. The largest absolute Gasteiger partial charge is 0.469 e. The molecular weight excluding hydrogens is 198 g/mol. The van der Waals surface area contributed by atoms with Crippen molar-refractivity contribution in [2.45, 2.75) is 12.8 Å². The molecule has 0 N–H and O–H groups in total. The highest BCUT2D eigenvalue weighted by Gasteiger charge is 2.24. The normalized spacial score (nSPS) is 19.6. The lowest BCUT2D eigenvalue weighted by atomic mass is 9.97. The summed E-state index contributed by atoms with van der Waals surface area (Å²) in [6.07, 6.45) is 4.04. The Kier molecular flexibility index (Phi) is 5.33. The van der Waals surface area contributed by atoms with Crippen molar-refractivity contribution in [3.63, 3.8) is 0 Å². The van der Waals surface area contributed by atoms with Gasteiger partial charge in [0.25, 0.3) is 0 Å². The van der Waals surface area contributed by atoms with Crippen molar-refractivity contribution in [3.8, 4) is 0 Å². The molecule has 1 aliphatic rings. The van der Waals surface area contributed by atoms with E-state index in [9.17, 15) is 4.79 Å². The van der Waals surface area contributed by atoms with Gasteiger partial charge in [-0.05, 0) is 32.2 Å². The number of methoxy groups -OCH3 is 1. The molecule has 82 valence electrons.